The minimum Gasteiger partial charge on any atom is -0.392 e. The van der Waals surface area contributed by atoms with Gasteiger partial charge in [-0.3, -0.25) is 9.59 Å². The van der Waals surface area contributed by atoms with Crippen LogP contribution in [0.5, 0.6) is 0 Å². The van der Waals surface area contributed by atoms with Gasteiger partial charge in [0.1, 0.15) is 0 Å². The van der Waals surface area contributed by atoms with Gasteiger partial charge in [0, 0.05) is 0 Å². The quantitative estimate of drug-likeness (QED) is 0.548. The molecule has 1 aliphatic carbocycles. The second-order valence-corrected chi connectivity index (χ2v) is 6.58. The van der Waals surface area contributed by atoms with E-state index in [1.54, 1.807) is 0 Å². The summed E-state index contributed by atoms with van der Waals surface area (Å²) >= 11 is 0. The highest BCUT2D eigenvalue weighted by molar-refractivity contribution is 6.01. The molecule has 1 saturated carbocycles. The molecule has 0 aromatic rings. The maximum atomic E-state index is 11.9. The van der Waals surface area contributed by atoms with E-state index in [4.69, 9.17) is 4.74 Å². The zero-order valence-corrected chi connectivity index (χ0v) is 11.2. The smallest absolute Gasteiger partial charge is 0.320 e. The molecule has 0 aromatic carbocycles. The van der Waals surface area contributed by atoms with Crippen molar-refractivity contribution < 1.29 is 14.3 Å². The maximum Gasteiger partial charge on any atom is 0.320 e. The normalized spacial score (nSPS) is 41.6. The Hall–Kier alpha value is -0.860. The van der Waals surface area contributed by atoms with Crippen LogP contribution in [0.2, 0.25) is 0 Å². The molecule has 3 unspecified atom stereocenters. The monoisotopic (exact) mass is 238 g/mol. The van der Waals surface area contributed by atoms with Gasteiger partial charge in [0.15, 0.2) is 0 Å². The highest BCUT2D eigenvalue weighted by atomic mass is 16.6. The van der Waals surface area contributed by atoms with Crippen molar-refractivity contribution in [2.45, 2.75) is 53.4 Å². The molecule has 0 radical (unpaired) electrons. The van der Waals surface area contributed by atoms with Crippen molar-refractivity contribution in [3.63, 3.8) is 0 Å². The maximum absolute atomic E-state index is 11.9. The zero-order chi connectivity index (χ0) is 12.8. The minimum absolute atomic E-state index is 0.307. The average molecular weight is 238 g/mol. The van der Waals surface area contributed by atoms with Gasteiger partial charge in [0.2, 0.25) is 0 Å². The van der Waals surface area contributed by atoms with Crippen LogP contribution in [0.15, 0.2) is 0 Å². The molecule has 1 aliphatic heterocycles. The van der Waals surface area contributed by atoms with Gasteiger partial charge in [-0.1, -0.05) is 13.8 Å². The summed E-state index contributed by atoms with van der Waals surface area (Å²) in [6.45, 7) is 8.21. The fourth-order valence-corrected chi connectivity index (χ4v) is 3.49. The molecule has 2 fully saturated rings. The van der Waals surface area contributed by atoms with Crippen molar-refractivity contribution in [2.75, 3.05) is 0 Å². The zero-order valence-electron chi connectivity index (χ0n) is 11.2. The van der Waals surface area contributed by atoms with Gasteiger partial charge in [-0.2, -0.15) is 0 Å². The molecule has 3 atom stereocenters. The largest absolute Gasteiger partial charge is 0.392 e. The van der Waals surface area contributed by atoms with E-state index in [9.17, 15) is 9.59 Å². The number of carbonyl (C=O) groups is 2. The van der Waals surface area contributed by atoms with E-state index in [1.807, 2.05) is 13.8 Å². The standard InChI is InChI=1S/C14H22O3/c1-9(2)7-10-5-6-13(3)11(15)17-12(16)14(13,4)8-10/h9-10H,5-8H2,1-4H3. The SMILES string of the molecule is CC(C)CC1CCC2(C)C(=O)OC(=O)C2(C)C1. The Morgan fingerprint density at radius 2 is 1.82 bits per heavy atom. The number of esters is 2. The van der Waals surface area contributed by atoms with Crippen molar-refractivity contribution in [1.82, 2.24) is 0 Å². The Labute approximate surface area is 103 Å². The Bertz CT molecular complexity index is 360. The second-order valence-electron chi connectivity index (χ2n) is 6.58. The van der Waals surface area contributed by atoms with Crippen molar-refractivity contribution >= 4 is 11.9 Å². The predicted octanol–water partition coefficient (Wildman–Crippen LogP) is 2.93. The fourth-order valence-electron chi connectivity index (χ4n) is 3.49. The Morgan fingerprint density at radius 1 is 1.24 bits per heavy atom. The lowest BCUT2D eigenvalue weighted by Gasteiger charge is -2.42. The predicted molar refractivity (Wildman–Crippen MR) is 64.1 cm³/mol. The van der Waals surface area contributed by atoms with Crippen molar-refractivity contribution in [1.29, 1.82) is 0 Å². The van der Waals surface area contributed by atoms with Crippen LogP contribution in [0.4, 0.5) is 0 Å². The highest BCUT2D eigenvalue weighted by Gasteiger charge is 2.64. The lowest BCUT2D eigenvalue weighted by molar-refractivity contribution is -0.155. The first kappa shape index (κ1) is 12.6. The summed E-state index contributed by atoms with van der Waals surface area (Å²) < 4.78 is 4.89. The molecule has 0 N–H and O–H groups in total. The van der Waals surface area contributed by atoms with Gasteiger partial charge in [-0.05, 0) is 51.4 Å². The Kier molecular flexibility index (Phi) is 2.83. The highest BCUT2D eigenvalue weighted by Crippen LogP contribution is 2.57. The van der Waals surface area contributed by atoms with Crippen LogP contribution in [0.3, 0.4) is 0 Å². The first-order valence-electron chi connectivity index (χ1n) is 6.56. The van der Waals surface area contributed by atoms with E-state index in [1.165, 1.54) is 0 Å². The minimum atomic E-state index is -0.595. The van der Waals surface area contributed by atoms with Gasteiger partial charge in [-0.15, -0.1) is 0 Å². The molecular formula is C14H22O3. The topological polar surface area (TPSA) is 43.4 Å². The van der Waals surface area contributed by atoms with Gasteiger partial charge < -0.3 is 4.74 Å². The number of hydrogen-bond acceptors (Lipinski definition) is 3. The van der Waals surface area contributed by atoms with Crippen LogP contribution in [0.25, 0.3) is 0 Å². The number of carbonyl (C=O) groups excluding carboxylic acids is 2. The summed E-state index contributed by atoms with van der Waals surface area (Å²) in [5, 5.41) is 0. The van der Waals surface area contributed by atoms with Crippen LogP contribution in [0.1, 0.15) is 53.4 Å². The van der Waals surface area contributed by atoms with E-state index >= 15 is 0 Å². The van der Waals surface area contributed by atoms with Crippen molar-refractivity contribution in [2.24, 2.45) is 22.7 Å². The van der Waals surface area contributed by atoms with Crippen LogP contribution >= 0.6 is 0 Å². The van der Waals surface area contributed by atoms with Crippen LogP contribution in [-0.4, -0.2) is 11.9 Å². The molecule has 0 aromatic heterocycles. The summed E-state index contributed by atoms with van der Waals surface area (Å²) in [6.07, 6.45) is 3.75. The summed E-state index contributed by atoms with van der Waals surface area (Å²) in [5.74, 6) is 0.569. The molecule has 96 valence electrons. The van der Waals surface area contributed by atoms with Crippen LogP contribution in [0, 0.1) is 22.7 Å². The number of fused-ring (bicyclic) bond motifs is 1. The van der Waals surface area contributed by atoms with E-state index < -0.39 is 10.8 Å². The van der Waals surface area contributed by atoms with E-state index in [2.05, 4.69) is 13.8 Å². The van der Waals surface area contributed by atoms with Crippen molar-refractivity contribution in [3.8, 4) is 0 Å². The molecule has 1 heterocycles. The first-order chi connectivity index (χ1) is 7.79. The third kappa shape index (κ3) is 1.71. The summed E-state index contributed by atoms with van der Waals surface area (Å²) in [6, 6.07) is 0. The third-order valence-corrected chi connectivity index (χ3v) is 4.86. The molecule has 2 aliphatic rings. The Balaban J connectivity index is 2.23. The fraction of sp³-hybridized carbons (Fsp3) is 0.857. The Morgan fingerprint density at radius 3 is 2.41 bits per heavy atom. The third-order valence-electron chi connectivity index (χ3n) is 4.86. The molecular weight excluding hydrogens is 216 g/mol. The molecule has 3 heteroatoms. The number of ether oxygens (including phenoxy) is 1. The van der Waals surface area contributed by atoms with E-state index in [0.29, 0.717) is 11.8 Å². The molecule has 1 saturated heterocycles. The molecule has 0 amide bonds. The van der Waals surface area contributed by atoms with Gasteiger partial charge >= 0.3 is 11.9 Å². The lowest BCUT2D eigenvalue weighted by Crippen LogP contribution is -2.45. The summed E-state index contributed by atoms with van der Waals surface area (Å²) in [5.41, 5.74) is -1.18. The molecule has 2 rings (SSSR count). The van der Waals surface area contributed by atoms with Crippen molar-refractivity contribution in [3.05, 3.63) is 0 Å². The number of hydrogen-bond donors (Lipinski definition) is 0. The molecule has 0 bridgehead atoms. The van der Waals surface area contributed by atoms with Gasteiger partial charge in [-0.25, -0.2) is 0 Å². The molecule has 17 heavy (non-hydrogen) atoms. The average Bonchev–Trinajstić information content (AvgIpc) is 2.38. The number of cyclic esters (lactones) is 2. The van der Waals surface area contributed by atoms with Gasteiger partial charge in [0.25, 0.3) is 0 Å². The number of rotatable bonds is 2. The summed E-state index contributed by atoms with van der Waals surface area (Å²) in [7, 11) is 0. The molecule has 0 spiro atoms. The molecule has 3 nitrogen and oxygen atoms in total. The first-order valence-corrected chi connectivity index (χ1v) is 6.56. The summed E-state index contributed by atoms with van der Waals surface area (Å²) in [4.78, 5) is 23.8. The van der Waals surface area contributed by atoms with E-state index in [0.717, 1.165) is 25.7 Å². The van der Waals surface area contributed by atoms with Crippen LogP contribution < -0.4 is 0 Å². The van der Waals surface area contributed by atoms with Crippen LogP contribution in [-0.2, 0) is 14.3 Å². The lowest BCUT2D eigenvalue weighted by atomic mass is 9.56. The van der Waals surface area contributed by atoms with Gasteiger partial charge in [0.05, 0.1) is 10.8 Å². The second kappa shape index (κ2) is 3.82. The van der Waals surface area contributed by atoms with E-state index in [-0.39, 0.29) is 11.9 Å².